The number of amides is 2. The molecule has 0 radical (unpaired) electrons. The minimum absolute atomic E-state index is 0.00755. The lowest BCUT2D eigenvalue weighted by Crippen LogP contribution is -2.44. The van der Waals surface area contributed by atoms with Crippen LogP contribution < -0.4 is 14.5 Å². The molecule has 6 rings (SSSR count). The maximum Gasteiger partial charge on any atom is 0.264 e. The van der Waals surface area contributed by atoms with Gasteiger partial charge in [0.15, 0.2) is 5.60 Å². The third-order valence-electron chi connectivity index (χ3n) is 7.95. The number of fused-ring (bicyclic) bond motifs is 1. The fraction of sp³-hybridized carbons (Fsp3) is 0.212. The second kappa shape index (κ2) is 9.93. The Bertz CT molecular complexity index is 1660. The van der Waals surface area contributed by atoms with Crippen LogP contribution in [0.2, 0.25) is 0 Å². The van der Waals surface area contributed by atoms with Crippen molar-refractivity contribution in [3.63, 3.8) is 0 Å². The van der Waals surface area contributed by atoms with E-state index in [1.807, 2.05) is 60.7 Å². The van der Waals surface area contributed by atoms with Crippen molar-refractivity contribution in [1.82, 2.24) is 0 Å². The molecule has 2 aliphatic rings. The van der Waals surface area contributed by atoms with Crippen LogP contribution in [0.3, 0.4) is 0 Å². The summed E-state index contributed by atoms with van der Waals surface area (Å²) >= 11 is 0. The van der Waals surface area contributed by atoms with Gasteiger partial charge in [0, 0.05) is 29.2 Å². The van der Waals surface area contributed by atoms with Gasteiger partial charge < -0.3 is 19.8 Å². The van der Waals surface area contributed by atoms with Crippen LogP contribution in [0.15, 0.2) is 91.0 Å². The van der Waals surface area contributed by atoms with Crippen LogP contribution in [0.25, 0.3) is 10.8 Å². The van der Waals surface area contributed by atoms with Gasteiger partial charge in [0.25, 0.3) is 11.8 Å². The van der Waals surface area contributed by atoms with Gasteiger partial charge in [-0.2, -0.15) is 0 Å². The normalized spacial score (nSPS) is 18.7. The Hall–Kier alpha value is -4.46. The molecule has 4 aromatic rings. The Kier molecular flexibility index (Phi) is 6.41. The van der Waals surface area contributed by atoms with Crippen LogP contribution >= 0.6 is 0 Å². The van der Waals surface area contributed by atoms with Crippen molar-refractivity contribution >= 4 is 39.6 Å². The number of benzene rings is 4. The highest BCUT2D eigenvalue weighted by Crippen LogP contribution is 2.47. The summed E-state index contributed by atoms with van der Waals surface area (Å²) in [5.41, 5.74) is 2.48. The Morgan fingerprint density at radius 1 is 0.975 bits per heavy atom. The molecule has 0 saturated carbocycles. The Morgan fingerprint density at radius 2 is 1.73 bits per heavy atom. The molecule has 0 fully saturated rings. The first kappa shape index (κ1) is 25.8. The molecule has 7 nitrogen and oxygen atoms in total. The molecule has 202 valence electrons. The molecular formula is C33H30N2O5. The number of nitrogens with zero attached hydrogens (tertiary/aromatic N) is 2. The Balaban J connectivity index is 1.31. The standard InChI is InChI=1S/C33H30N2O5/c1-21(7-3-4-18-36)33(39)27-19-25(40-2)16-17-28(27)34(32(33)38)20-22-12-14-24(15-13-22)35-29-11-6-9-23-8-5-10-26(30(23)29)31(35)37/h3,5-17,19,21,36,39H,4,18,20H2,1-2H3/b7-3+/t21-,33+/m1/s1. The molecule has 7 heteroatoms. The van der Waals surface area contributed by atoms with Crippen molar-refractivity contribution < 1.29 is 24.5 Å². The van der Waals surface area contributed by atoms with Crippen LogP contribution in [-0.2, 0) is 16.9 Å². The molecule has 2 heterocycles. The lowest BCUT2D eigenvalue weighted by molar-refractivity contribution is -0.139. The predicted octanol–water partition coefficient (Wildman–Crippen LogP) is 5.45. The first-order valence-electron chi connectivity index (χ1n) is 13.3. The maximum absolute atomic E-state index is 13.8. The molecule has 40 heavy (non-hydrogen) atoms. The summed E-state index contributed by atoms with van der Waals surface area (Å²) in [6, 6.07) is 24.6. The van der Waals surface area contributed by atoms with E-state index < -0.39 is 17.4 Å². The third kappa shape index (κ3) is 3.89. The molecule has 4 aromatic carbocycles. The first-order chi connectivity index (χ1) is 19.4. The number of ether oxygens (including phenoxy) is 1. The van der Waals surface area contributed by atoms with Crippen LogP contribution in [0.4, 0.5) is 17.1 Å². The van der Waals surface area contributed by atoms with Gasteiger partial charge in [0.1, 0.15) is 5.75 Å². The highest BCUT2D eigenvalue weighted by molar-refractivity contribution is 6.27. The van der Waals surface area contributed by atoms with E-state index in [9.17, 15) is 14.7 Å². The summed E-state index contributed by atoms with van der Waals surface area (Å²) in [4.78, 5) is 30.5. The zero-order valence-corrected chi connectivity index (χ0v) is 22.4. The fourth-order valence-corrected chi connectivity index (χ4v) is 5.83. The second-order valence-corrected chi connectivity index (χ2v) is 10.3. The SMILES string of the molecule is COc1ccc2c(c1)[C@@](O)([C@H](C)/C=C/CCO)C(=O)N2Cc1ccc(N2C(=O)c3cccc4cccc2c34)cc1. The highest BCUT2D eigenvalue weighted by atomic mass is 16.5. The Labute approximate surface area is 232 Å². The van der Waals surface area contributed by atoms with Gasteiger partial charge in [0.2, 0.25) is 0 Å². The maximum atomic E-state index is 13.8. The zero-order valence-electron chi connectivity index (χ0n) is 22.4. The smallest absolute Gasteiger partial charge is 0.264 e. The number of methoxy groups -OCH3 is 1. The molecule has 2 amide bonds. The molecule has 0 bridgehead atoms. The second-order valence-electron chi connectivity index (χ2n) is 10.3. The van der Waals surface area contributed by atoms with Crippen molar-refractivity contribution in [1.29, 1.82) is 0 Å². The number of aliphatic hydroxyl groups excluding tert-OH is 1. The topological polar surface area (TPSA) is 90.3 Å². The number of carbonyl (C=O) groups is 2. The summed E-state index contributed by atoms with van der Waals surface area (Å²) in [7, 11) is 1.55. The number of anilines is 3. The molecule has 0 spiro atoms. The molecular weight excluding hydrogens is 504 g/mol. The van der Waals surface area contributed by atoms with E-state index in [1.165, 1.54) is 0 Å². The Morgan fingerprint density at radius 3 is 2.45 bits per heavy atom. The number of hydrogen-bond acceptors (Lipinski definition) is 5. The highest BCUT2D eigenvalue weighted by Gasteiger charge is 2.52. The number of aliphatic hydroxyl groups is 2. The summed E-state index contributed by atoms with van der Waals surface area (Å²) < 4.78 is 5.39. The van der Waals surface area contributed by atoms with Gasteiger partial charge >= 0.3 is 0 Å². The zero-order chi connectivity index (χ0) is 28.0. The average molecular weight is 535 g/mol. The molecule has 2 N–H and O–H groups in total. The lowest BCUT2D eigenvalue weighted by atomic mass is 9.83. The molecule has 0 saturated heterocycles. The van der Waals surface area contributed by atoms with E-state index in [1.54, 1.807) is 54.2 Å². The molecule has 0 aromatic heterocycles. The number of rotatable bonds is 8. The number of hydrogen-bond donors (Lipinski definition) is 2. The molecule has 0 unspecified atom stereocenters. The van der Waals surface area contributed by atoms with E-state index >= 15 is 0 Å². The van der Waals surface area contributed by atoms with Crippen LogP contribution in [0.1, 0.15) is 34.8 Å². The summed E-state index contributed by atoms with van der Waals surface area (Å²) in [5, 5.41) is 23.0. The van der Waals surface area contributed by atoms with Gasteiger partial charge in [0.05, 0.1) is 30.6 Å². The van der Waals surface area contributed by atoms with Crippen molar-refractivity contribution in [3.8, 4) is 5.75 Å². The van der Waals surface area contributed by atoms with Crippen LogP contribution in [-0.4, -0.2) is 35.7 Å². The van der Waals surface area contributed by atoms with Crippen LogP contribution in [0, 0.1) is 5.92 Å². The summed E-state index contributed by atoms with van der Waals surface area (Å²) in [6.45, 7) is 2.03. The minimum atomic E-state index is -1.78. The molecule has 2 aliphatic heterocycles. The van der Waals surface area contributed by atoms with E-state index in [-0.39, 0.29) is 19.1 Å². The van der Waals surface area contributed by atoms with E-state index in [0.29, 0.717) is 29.0 Å². The quantitative estimate of drug-likeness (QED) is 0.294. The van der Waals surface area contributed by atoms with Gasteiger partial charge in [-0.3, -0.25) is 14.5 Å². The minimum Gasteiger partial charge on any atom is -0.497 e. The summed E-state index contributed by atoms with van der Waals surface area (Å²) in [6.07, 6.45) is 3.98. The van der Waals surface area contributed by atoms with Crippen molar-refractivity contribution in [2.45, 2.75) is 25.5 Å². The van der Waals surface area contributed by atoms with Gasteiger partial charge in [-0.15, -0.1) is 0 Å². The van der Waals surface area contributed by atoms with E-state index in [2.05, 4.69) is 0 Å². The van der Waals surface area contributed by atoms with Gasteiger partial charge in [-0.25, -0.2) is 0 Å². The van der Waals surface area contributed by atoms with E-state index in [4.69, 9.17) is 9.84 Å². The third-order valence-corrected chi connectivity index (χ3v) is 7.95. The first-order valence-corrected chi connectivity index (χ1v) is 13.3. The summed E-state index contributed by atoms with van der Waals surface area (Å²) in [5.74, 6) is -0.465. The molecule has 0 aliphatic carbocycles. The van der Waals surface area contributed by atoms with Crippen LogP contribution in [0.5, 0.6) is 5.75 Å². The van der Waals surface area contributed by atoms with E-state index in [0.717, 1.165) is 27.7 Å². The number of carbonyl (C=O) groups excluding carboxylic acids is 2. The molecule has 2 atom stereocenters. The largest absolute Gasteiger partial charge is 0.497 e. The van der Waals surface area contributed by atoms with Crippen molar-refractivity contribution in [2.75, 3.05) is 23.5 Å². The lowest BCUT2D eigenvalue weighted by Gasteiger charge is -2.28. The van der Waals surface area contributed by atoms with Crippen molar-refractivity contribution in [3.05, 3.63) is 108 Å². The van der Waals surface area contributed by atoms with Gasteiger partial charge in [-0.1, -0.05) is 55.5 Å². The van der Waals surface area contributed by atoms with Gasteiger partial charge in [-0.05, 0) is 59.8 Å². The predicted molar refractivity (Wildman–Crippen MR) is 155 cm³/mol. The monoisotopic (exact) mass is 534 g/mol. The van der Waals surface area contributed by atoms with Crippen molar-refractivity contribution in [2.24, 2.45) is 5.92 Å². The fourth-order valence-electron chi connectivity index (χ4n) is 5.83. The average Bonchev–Trinajstić information content (AvgIpc) is 3.38.